The summed E-state index contributed by atoms with van der Waals surface area (Å²) in [6.45, 7) is 5.79. The molecule has 0 saturated carbocycles. The lowest BCUT2D eigenvalue weighted by atomic mass is 10.2. The molecule has 1 aromatic rings. The second-order valence-corrected chi connectivity index (χ2v) is 4.15. The molecule has 0 radical (unpaired) electrons. The number of nitrogens with zero attached hydrogens (tertiary/aromatic N) is 1. The van der Waals surface area contributed by atoms with Crippen molar-refractivity contribution in [2.45, 2.75) is 0 Å². The molecule has 16 heavy (non-hydrogen) atoms. The molecule has 2 aliphatic heterocycles. The number of ether oxygens (including phenoxy) is 2. The summed E-state index contributed by atoms with van der Waals surface area (Å²) in [7, 11) is 0. The van der Waals surface area contributed by atoms with E-state index >= 15 is 0 Å². The third-order valence-corrected chi connectivity index (χ3v) is 3.09. The van der Waals surface area contributed by atoms with Crippen LogP contribution in [0.1, 0.15) is 0 Å². The maximum atomic E-state index is 5.73. The van der Waals surface area contributed by atoms with Gasteiger partial charge in [0.2, 0.25) is 0 Å². The number of quaternary nitrogens is 1. The van der Waals surface area contributed by atoms with Crippen LogP contribution in [0.5, 0.6) is 11.5 Å². The van der Waals surface area contributed by atoms with Gasteiger partial charge in [0.25, 0.3) is 0 Å². The van der Waals surface area contributed by atoms with E-state index in [0.717, 1.165) is 37.7 Å². The summed E-state index contributed by atoms with van der Waals surface area (Å²) in [6.07, 6.45) is 0. The molecule has 0 amide bonds. The standard InChI is InChI=1S/C12H16N2O2/c1-2-10(14-6-4-13-5-7-14)12-11(3-1)15-8-9-16-12/h1-3,13H,4-9H2/p+1. The Morgan fingerprint density at radius 3 is 2.75 bits per heavy atom. The number of anilines is 1. The van der Waals surface area contributed by atoms with Crippen LogP contribution in [0.25, 0.3) is 0 Å². The molecule has 3 rings (SSSR count). The Balaban J connectivity index is 1.93. The molecular formula is C12H17N2O2+. The number of nitrogens with two attached hydrogens (primary N) is 1. The van der Waals surface area contributed by atoms with Gasteiger partial charge < -0.3 is 19.7 Å². The van der Waals surface area contributed by atoms with E-state index in [2.05, 4.69) is 16.3 Å². The smallest absolute Gasteiger partial charge is 0.184 e. The van der Waals surface area contributed by atoms with Gasteiger partial charge in [-0.05, 0) is 12.1 Å². The first-order valence-corrected chi connectivity index (χ1v) is 5.90. The zero-order valence-electron chi connectivity index (χ0n) is 9.32. The lowest BCUT2D eigenvalue weighted by molar-refractivity contribution is -0.655. The molecule has 0 unspecified atom stereocenters. The molecule has 0 aliphatic carbocycles. The predicted octanol–water partition coefficient (Wildman–Crippen LogP) is -0.159. The Kier molecular flexibility index (Phi) is 2.58. The van der Waals surface area contributed by atoms with E-state index in [1.54, 1.807) is 0 Å². The summed E-state index contributed by atoms with van der Waals surface area (Å²) in [5, 5.41) is 2.35. The van der Waals surface area contributed by atoms with Crippen LogP contribution in [-0.2, 0) is 0 Å². The number of benzene rings is 1. The molecule has 2 aliphatic rings. The topological polar surface area (TPSA) is 38.3 Å². The number of para-hydroxylation sites is 1. The Bertz CT molecular complexity index is 375. The summed E-state index contributed by atoms with van der Waals surface area (Å²) in [6, 6.07) is 6.15. The van der Waals surface area contributed by atoms with Gasteiger partial charge in [0.05, 0.1) is 31.9 Å². The van der Waals surface area contributed by atoms with Crippen molar-refractivity contribution in [1.29, 1.82) is 0 Å². The van der Waals surface area contributed by atoms with Crippen LogP contribution in [0.2, 0.25) is 0 Å². The second-order valence-electron chi connectivity index (χ2n) is 4.15. The number of rotatable bonds is 1. The molecule has 0 aromatic heterocycles. The van der Waals surface area contributed by atoms with Crippen LogP contribution in [0.3, 0.4) is 0 Å². The number of hydrogen-bond acceptors (Lipinski definition) is 3. The van der Waals surface area contributed by atoms with Gasteiger partial charge in [-0.3, -0.25) is 0 Å². The van der Waals surface area contributed by atoms with E-state index < -0.39 is 0 Å². The van der Waals surface area contributed by atoms with E-state index in [0.29, 0.717) is 13.2 Å². The van der Waals surface area contributed by atoms with E-state index in [4.69, 9.17) is 9.47 Å². The van der Waals surface area contributed by atoms with Gasteiger partial charge in [-0.15, -0.1) is 0 Å². The van der Waals surface area contributed by atoms with Crippen LogP contribution >= 0.6 is 0 Å². The molecule has 2 heterocycles. The van der Waals surface area contributed by atoms with Crippen molar-refractivity contribution in [1.82, 2.24) is 0 Å². The van der Waals surface area contributed by atoms with Crippen molar-refractivity contribution in [3.8, 4) is 11.5 Å². The SMILES string of the molecule is c1cc2c(c(N3CC[NH2+]CC3)c1)OCCO2. The first-order chi connectivity index (χ1) is 7.95. The highest BCUT2D eigenvalue weighted by Gasteiger charge is 2.21. The van der Waals surface area contributed by atoms with Crippen molar-refractivity contribution in [3.63, 3.8) is 0 Å². The Hall–Kier alpha value is -1.42. The summed E-state index contributed by atoms with van der Waals surface area (Å²) in [5.74, 6) is 1.81. The van der Waals surface area contributed by atoms with E-state index in [-0.39, 0.29) is 0 Å². The van der Waals surface area contributed by atoms with Gasteiger partial charge >= 0.3 is 0 Å². The Morgan fingerprint density at radius 2 is 1.88 bits per heavy atom. The zero-order valence-corrected chi connectivity index (χ0v) is 9.32. The van der Waals surface area contributed by atoms with Crippen LogP contribution in [0.15, 0.2) is 18.2 Å². The summed E-state index contributed by atoms with van der Waals surface area (Å²) in [5.41, 5.74) is 1.19. The maximum absolute atomic E-state index is 5.73. The first kappa shape index (κ1) is 9.78. The highest BCUT2D eigenvalue weighted by atomic mass is 16.6. The highest BCUT2D eigenvalue weighted by molar-refractivity contribution is 5.65. The fourth-order valence-corrected chi connectivity index (χ4v) is 2.30. The van der Waals surface area contributed by atoms with Gasteiger partial charge in [0.1, 0.15) is 13.2 Å². The minimum atomic E-state index is 0.657. The van der Waals surface area contributed by atoms with Gasteiger partial charge in [0.15, 0.2) is 11.5 Å². The minimum absolute atomic E-state index is 0.657. The van der Waals surface area contributed by atoms with Gasteiger partial charge in [-0.2, -0.15) is 0 Å². The quantitative estimate of drug-likeness (QED) is 0.716. The third kappa shape index (κ3) is 1.69. The summed E-state index contributed by atoms with van der Waals surface area (Å²) >= 11 is 0. The van der Waals surface area contributed by atoms with E-state index in [1.165, 1.54) is 5.69 Å². The van der Waals surface area contributed by atoms with Gasteiger partial charge in [-0.1, -0.05) is 6.07 Å². The van der Waals surface area contributed by atoms with Gasteiger partial charge in [0, 0.05) is 0 Å². The van der Waals surface area contributed by atoms with Crippen molar-refractivity contribution in [2.75, 3.05) is 44.3 Å². The van der Waals surface area contributed by atoms with E-state index in [9.17, 15) is 0 Å². The molecular weight excluding hydrogens is 204 g/mol. The van der Waals surface area contributed by atoms with Crippen LogP contribution in [-0.4, -0.2) is 39.4 Å². The van der Waals surface area contributed by atoms with Crippen molar-refractivity contribution in [3.05, 3.63) is 18.2 Å². The molecule has 1 fully saturated rings. The average Bonchev–Trinajstić information content (AvgIpc) is 2.39. The molecule has 4 nitrogen and oxygen atoms in total. The fraction of sp³-hybridized carbons (Fsp3) is 0.500. The minimum Gasteiger partial charge on any atom is -0.486 e. The normalized spacial score (nSPS) is 19.6. The lowest BCUT2D eigenvalue weighted by Gasteiger charge is -2.30. The third-order valence-electron chi connectivity index (χ3n) is 3.09. The monoisotopic (exact) mass is 221 g/mol. The number of hydrogen-bond donors (Lipinski definition) is 1. The van der Waals surface area contributed by atoms with Crippen molar-refractivity contribution < 1.29 is 14.8 Å². The lowest BCUT2D eigenvalue weighted by Crippen LogP contribution is -2.89. The number of fused-ring (bicyclic) bond motifs is 1. The predicted molar refractivity (Wildman–Crippen MR) is 61.3 cm³/mol. The first-order valence-electron chi connectivity index (χ1n) is 5.90. The molecule has 0 atom stereocenters. The van der Waals surface area contributed by atoms with Gasteiger partial charge in [-0.25, -0.2) is 0 Å². The summed E-state index contributed by atoms with van der Waals surface area (Å²) < 4.78 is 11.3. The summed E-state index contributed by atoms with van der Waals surface area (Å²) in [4.78, 5) is 2.38. The van der Waals surface area contributed by atoms with Crippen LogP contribution in [0, 0.1) is 0 Å². The highest BCUT2D eigenvalue weighted by Crippen LogP contribution is 2.39. The Morgan fingerprint density at radius 1 is 1.06 bits per heavy atom. The molecule has 1 aromatic carbocycles. The Labute approximate surface area is 95.1 Å². The average molecular weight is 221 g/mol. The van der Waals surface area contributed by atoms with Crippen LogP contribution in [0.4, 0.5) is 5.69 Å². The molecule has 0 spiro atoms. The molecule has 1 saturated heterocycles. The van der Waals surface area contributed by atoms with Crippen molar-refractivity contribution >= 4 is 5.69 Å². The van der Waals surface area contributed by atoms with Crippen molar-refractivity contribution in [2.24, 2.45) is 0 Å². The van der Waals surface area contributed by atoms with Crippen LogP contribution < -0.4 is 19.7 Å². The fourth-order valence-electron chi connectivity index (χ4n) is 2.30. The maximum Gasteiger partial charge on any atom is 0.184 e. The molecule has 4 heteroatoms. The molecule has 0 bridgehead atoms. The second kappa shape index (κ2) is 4.22. The zero-order chi connectivity index (χ0) is 10.8. The number of piperazine rings is 1. The largest absolute Gasteiger partial charge is 0.486 e. The molecule has 86 valence electrons. The molecule has 2 N–H and O–H groups in total. The van der Waals surface area contributed by atoms with E-state index in [1.807, 2.05) is 12.1 Å².